The fourth-order valence-electron chi connectivity index (χ4n) is 7.19. The minimum Gasteiger partial charge on any atom is -0.502 e. The molecule has 0 radical (unpaired) electrons. The molecule has 21 heteroatoms. The van der Waals surface area contributed by atoms with Crippen molar-refractivity contribution in [1.82, 2.24) is 4.90 Å². The monoisotopic (exact) mass is 871 g/mol. The lowest BCUT2D eigenvalue weighted by Crippen LogP contribution is -2.71. The van der Waals surface area contributed by atoms with Crippen LogP contribution in [0.3, 0.4) is 0 Å². The average molecular weight is 872 g/mol. The molecule has 3 aliphatic rings. The van der Waals surface area contributed by atoms with Crippen LogP contribution in [-0.4, -0.2) is 118 Å². The van der Waals surface area contributed by atoms with E-state index in [1.807, 2.05) is 0 Å². The lowest BCUT2D eigenvalue weighted by atomic mass is 9.82. The first-order valence-corrected chi connectivity index (χ1v) is 18.3. The summed E-state index contributed by atoms with van der Waals surface area (Å²) in [7, 11) is 1.49. The number of allylic oxidation sites excluding steroid dienone is 2. The van der Waals surface area contributed by atoms with Crippen molar-refractivity contribution in [3.63, 3.8) is 0 Å². The van der Waals surface area contributed by atoms with E-state index in [9.17, 15) is 57.9 Å². The number of nitrogens with zero attached hydrogens (tertiary/aromatic N) is 1. The van der Waals surface area contributed by atoms with Gasteiger partial charge >= 0.3 is 35.8 Å². The van der Waals surface area contributed by atoms with E-state index in [4.69, 9.17) is 23.7 Å². The summed E-state index contributed by atoms with van der Waals surface area (Å²) in [6, 6.07) is 8.67. The van der Waals surface area contributed by atoms with Gasteiger partial charge in [-0.3, -0.25) is 14.5 Å². The van der Waals surface area contributed by atoms with Crippen LogP contribution in [-0.2, 0) is 33.3 Å². The standard InChI is InChI=1S/C38H42F13NO7/c1-3-56-15-13-25-21-24(22-26(25)33(39,40)34(41,42)35(43,44)36(45,46)37(47,48)38(49,50)51)10-12-28-30-29(27(59-28)11-9-23-7-5-4-6-8-23)31(53)52(32(30)54)14-16-57-19-20-58-18-17-55-2/h4-13,15,24-30H,3,14,16-22H2,1-2H3/b11-9-,12-10+,15-13-/t24?,25?,26?,27?,28?,29-,30+/m0/s1. The van der Waals surface area contributed by atoms with Crippen LogP contribution < -0.4 is 0 Å². The number of fused-ring (bicyclic) bond motifs is 1. The number of carbonyl (C=O) groups is 2. The van der Waals surface area contributed by atoms with Gasteiger partial charge in [-0.2, -0.15) is 57.1 Å². The van der Waals surface area contributed by atoms with Gasteiger partial charge in [0.15, 0.2) is 0 Å². The highest BCUT2D eigenvalue weighted by atomic mass is 19.4. The molecule has 1 aromatic rings. The molecule has 1 aromatic carbocycles. The Morgan fingerprint density at radius 3 is 1.83 bits per heavy atom. The van der Waals surface area contributed by atoms with E-state index in [0.29, 0.717) is 18.8 Å². The summed E-state index contributed by atoms with van der Waals surface area (Å²) in [6.07, 6.45) is -4.75. The third kappa shape index (κ3) is 9.62. The molecule has 2 amide bonds. The molecule has 1 aliphatic carbocycles. The van der Waals surface area contributed by atoms with Crippen molar-refractivity contribution in [1.29, 1.82) is 0 Å². The highest BCUT2D eigenvalue weighted by Gasteiger charge is 2.91. The number of alkyl halides is 13. The second kappa shape index (κ2) is 18.9. The zero-order chi connectivity index (χ0) is 44.0. The molecule has 2 heterocycles. The molecule has 0 bridgehead atoms. The molecule has 59 heavy (non-hydrogen) atoms. The summed E-state index contributed by atoms with van der Waals surface area (Å²) in [5.74, 6) is -47.4. The number of rotatable bonds is 21. The first-order chi connectivity index (χ1) is 27.5. The van der Waals surface area contributed by atoms with Gasteiger partial charge in [0.25, 0.3) is 0 Å². The van der Waals surface area contributed by atoms with Gasteiger partial charge in [0.1, 0.15) is 0 Å². The van der Waals surface area contributed by atoms with Crippen LogP contribution in [0.15, 0.2) is 60.9 Å². The third-order valence-electron chi connectivity index (χ3n) is 10.3. The van der Waals surface area contributed by atoms with Crippen LogP contribution in [0.1, 0.15) is 25.3 Å². The van der Waals surface area contributed by atoms with E-state index >= 15 is 8.78 Å². The van der Waals surface area contributed by atoms with E-state index in [0.717, 1.165) is 23.3 Å². The van der Waals surface area contributed by atoms with Gasteiger partial charge in [0.2, 0.25) is 11.8 Å². The van der Waals surface area contributed by atoms with Gasteiger partial charge in [0, 0.05) is 13.0 Å². The summed E-state index contributed by atoms with van der Waals surface area (Å²) in [5, 5.41) is 0. The Morgan fingerprint density at radius 1 is 0.695 bits per heavy atom. The third-order valence-corrected chi connectivity index (χ3v) is 10.3. The normalized spacial score (nSPS) is 26.4. The molecule has 332 valence electrons. The van der Waals surface area contributed by atoms with E-state index < -0.39 is 102 Å². The smallest absolute Gasteiger partial charge is 0.460 e. The molecule has 0 aromatic heterocycles. The van der Waals surface area contributed by atoms with E-state index in [-0.39, 0.29) is 33.0 Å². The summed E-state index contributed by atoms with van der Waals surface area (Å²) in [6.45, 7) is 2.03. The Hall–Kier alpha value is -3.69. The molecular formula is C38H42F13NO7. The highest BCUT2D eigenvalue weighted by Crippen LogP contribution is 2.63. The Bertz CT molecular complexity index is 1660. The number of imide groups is 1. The van der Waals surface area contributed by atoms with Gasteiger partial charge in [-0.25, -0.2) is 0 Å². The number of amides is 2. The Labute approximate surface area is 330 Å². The number of hydrogen-bond donors (Lipinski definition) is 0. The number of ether oxygens (including phenoxy) is 5. The van der Waals surface area contributed by atoms with Crippen molar-refractivity contribution >= 4 is 17.9 Å². The van der Waals surface area contributed by atoms with Crippen molar-refractivity contribution in [2.75, 3.05) is 53.3 Å². The Morgan fingerprint density at radius 2 is 1.25 bits per heavy atom. The SMILES string of the molecule is CCO/C=C\C1CC(/C=C/C2OC(/C=C\c3ccccc3)[C@@H]3C(=O)N(CCOCCOCCOC)C(=O)[C@H]23)CC1C(F)(F)C(F)(F)C(F)(F)C(F)(F)C(F)(F)C(F)(F)F. The number of carbonyl (C=O) groups excluding carboxylic acids is 2. The Kier molecular flexibility index (Phi) is 15.4. The number of methoxy groups -OCH3 is 1. The van der Waals surface area contributed by atoms with E-state index in [1.165, 1.54) is 26.2 Å². The number of likely N-dealkylation sites (tertiary alicyclic amines) is 1. The van der Waals surface area contributed by atoms with Crippen molar-refractivity contribution in [2.45, 2.75) is 67.8 Å². The Balaban J connectivity index is 1.59. The molecule has 3 fully saturated rings. The van der Waals surface area contributed by atoms with Gasteiger partial charge in [-0.05, 0) is 43.2 Å². The predicted octanol–water partition coefficient (Wildman–Crippen LogP) is 8.24. The molecule has 0 spiro atoms. The molecule has 2 aliphatic heterocycles. The van der Waals surface area contributed by atoms with Crippen molar-refractivity contribution < 1.29 is 90.3 Å². The number of hydrogen-bond acceptors (Lipinski definition) is 7. The van der Waals surface area contributed by atoms with Gasteiger partial charge in [-0.15, -0.1) is 0 Å². The van der Waals surface area contributed by atoms with Crippen LogP contribution in [0, 0.1) is 29.6 Å². The van der Waals surface area contributed by atoms with Crippen LogP contribution in [0.5, 0.6) is 0 Å². The first kappa shape index (κ1) is 48.0. The quantitative estimate of drug-likeness (QED) is 0.0405. The van der Waals surface area contributed by atoms with Crippen molar-refractivity contribution in [2.24, 2.45) is 29.6 Å². The first-order valence-electron chi connectivity index (χ1n) is 18.3. The van der Waals surface area contributed by atoms with Gasteiger partial charge in [-0.1, -0.05) is 54.6 Å². The molecule has 4 rings (SSSR count). The number of halogens is 13. The highest BCUT2D eigenvalue weighted by molar-refractivity contribution is 6.06. The zero-order valence-corrected chi connectivity index (χ0v) is 31.5. The van der Waals surface area contributed by atoms with Crippen LogP contribution in [0.25, 0.3) is 6.08 Å². The predicted molar refractivity (Wildman–Crippen MR) is 182 cm³/mol. The van der Waals surface area contributed by atoms with Crippen LogP contribution >= 0.6 is 0 Å². The molecule has 1 saturated carbocycles. The second-order valence-corrected chi connectivity index (χ2v) is 14.0. The summed E-state index contributed by atoms with van der Waals surface area (Å²) >= 11 is 0. The summed E-state index contributed by atoms with van der Waals surface area (Å²) in [4.78, 5) is 28.2. The molecule has 8 nitrogen and oxygen atoms in total. The van der Waals surface area contributed by atoms with Crippen molar-refractivity contribution in [3.8, 4) is 0 Å². The maximum absolute atomic E-state index is 15.6. The summed E-state index contributed by atoms with van der Waals surface area (Å²) < 4.78 is 210. The molecule has 7 atom stereocenters. The summed E-state index contributed by atoms with van der Waals surface area (Å²) in [5.41, 5.74) is 0.688. The fraction of sp³-hybridized carbons (Fsp3) is 0.632. The topological polar surface area (TPSA) is 83.5 Å². The molecule has 0 N–H and O–H groups in total. The maximum Gasteiger partial charge on any atom is 0.460 e. The van der Waals surface area contributed by atoms with E-state index in [1.54, 1.807) is 36.4 Å². The maximum atomic E-state index is 15.6. The van der Waals surface area contributed by atoms with E-state index in [2.05, 4.69) is 0 Å². The fourth-order valence-corrected chi connectivity index (χ4v) is 7.19. The zero-order valence-electron chi connectivity index (χ0n) is 31.5. The second-order valence-electron chi connectivity index (χ2n) is 14.0. The molecule has 5 unspecified atom stereocenters. The van der Waals surface area contributed by atoms with Gasteiger partial charge in [0.05, 0.1) is 76.5 Å². The van der Waals surface area contributed by atoms with Crippen molar-refractivity contribution in [3.05, 3.63) is 66.5 Å². The van der Waals surface area contributed by atoms with Crippen LogP contribution in [0.2, 0.25) is 0 Å². The average Bonchev–Trinajstić information content (AvgIpc) is 3.83. The van der Waals surface area contributed by atoms with Crippen LogP contribution in [0.4, 0.5) is 57.1 Å². The number of benzene rings is 1. The molecular weight excluding hydrogens is 829 g/mol. The molecule has 2 saturated heterocycles. The largest absolute Gasteiger partial charge is 0.502 e. The minimum absolute atomic E-state index is 0.0752. The minimum atomic E-state index is -8.02. The lowest BCUT2D eigenvalue weighted by Gasteiger charge is -2.42. The van der Waals surface area contributed by atoms with Gasteiger partial charge < -0.3 is 23.7 Å². The lowest BCUT2D eigenvalue weighted by molar-refractivity contribution is -0.443.